The summed E-state index contributed by atoms with van der Waals surface area (Å²) >= 11 is 0. The lowest BCUT2D eigenvalue weighted by atomic mass is 9.47. The van der Waals surface area contributed by atoms with Gasteiger partial charge in [0.2, 0.25) is 5.88 Å². The Morgan fingerprint density at radius 3 is 2.52 bits per heavy atom. The fourth-order valence-electron chi connectivity index (χ4n) is 6.90. The highest BCUT2D eigenvalue weighted by Crippen LogP contribution is 2.62. The maximum atomic E-state index is 14.8. The van der Waals surface area contributed by atoms with E-state index < -0.39 is 5.97 Å². The minimum Gasteiger partial charge on any atom is -0.481 e. The molecule has 6 rings (SSSR count). The second-order valence-corrected chi connectivity index (χ2v) is 11.5. The van der Waals surface area contributed by atoms with Crippen LogP contribution in [0.5, 0.6) is 5.88 Å². The van der Waals surface area contributed by atoms with Crippen LogP contribution in [0.3, 0.4) is 0 Å². The van der Waals surface area contributed by atoms with Gasteiger partial charge in [-0.2, -0.15) is 0 Å². The number of hydrogen-bond donors (Lipinski definition) is 1. The van der Waals surface area contributed by atoms with E-state index in [-0.39, 0.29) is 34.9 Å². The summed E-state index contributed by atoms with van der Waals surface area (Å²) in [5.74, 6) is -0.422. The van der Waals surface area contributed by atoms with Crippen LogP contribution in [0.1, 0.15) is 67.9 Å². The molecule has 2 saturated carbocycles. The lowest BCUT2D eigenvalue weighted by Crippen LogP contribution is -2.50. The van der Waals surface area contributed by atoms with Crippen LogP contribution in [0.25, 0.3) is 22.0 Å². The Bertz CT molecular complexity index is 1580. The van der Waals surface area contributed by atoms with E-state index in [0.717, 1.165) is 42.4 Å². The van der Waals surface area contributed by atoms with Gasteiger partial charge in [-0.25, -0.2) is 9.37 Å². The zero-order chi connectivity index (χ0) is 28.0. The highest BCUT2D eigenvalue weighted by atomic mass is 19.1. The molecule has 7 heteroatoms. The maximum absolute atomic E-state index is 14.8. The zero-order valence-corrected chi connectivity index (χ0v) is 22.8. The first-order valence-corrected chi connectivity index (χ1v) is 14.0. The lowest BCUT2D eigenvalue weighted by molar-refractivity contribution is -0.157. The van der Waals surface area contributed by atoms with Gasteiger partial charge in [-0.15, -0.1) is 0 Å². The van der Waals surface area contributed by atoms with Crippen LogP contribution in [0.2, 0.25) is 0 Å². The van der Waals surface area contributed by atoms with Crippen LogP contribution in [0.4, 0.5) is 4.39 Å². The number of aliphatic carboxylic acids is 1. The van der Waals surface area contributed by atoms with Crippen molar-refractivity contribution in [2.45, 2.75) is 52.0 Å². The Morgan fingerprint density at radius 2 is 1.82 bits per heavy atom. The third-order valence-corrected chi connectivity index (χ3v) is 8.92. The summed E-state index contributed by atoms with van der Waals surface area (Å²) in [7, 11) is 0. The van der Waals surface area contributed by atoms with Crippen LogP contribution in [0, 0.1) is 23.1 Å². The summed E-state index contributed by atoms with van der Waals surface area (Å²) in [5, 5.41) is 9.65. The number of hydrogen-bond acceptors (Lipinski definition) is 4. The van der Waals surface area contributed by atoms with Gasteiger partial charge in [-0.1, -0.05) is 24.3 Å². The molecule has 0 saturated heterocycles. The lowest BCUT2D eigenvalue weighted by Gasteiger charge is -2.56. The summed E-state index contributed by atoms with van der Waals surface area (Å²) < 4.78 is 22.4. The first-order chi connectivity index (χ1) is 19.3. The first kappa shape index (κ1) is 26.2. The third-order valence-electron chi connectivity index (χ3n) is 8.92. The fourth-order valence-corrected chi connectivity index (χ4v) is 6.90. The van der Waals surface area contributed by atoms with Crippen molar-refractivity contribution in [1.29, 1.82) is 0 Å². The SMILES string of the molecule is CCOc1cc(-c2ccc(C(C)n3ccc4c(F)ccc(C(=O)CC5CC6(C5)CC(C(=O)O)C6)c43)cc2)ccn1. The number of carboxylic acids is 1. The van der Waals surface area contributed by atoms with E-state index in [9.17, 15) is 19.1 Å². The second kappa shape index (κ2) is 10.2. The molecule has 2 aromatic heterocycles. The van der Waals surface area contributed by atoms with Crippen molar-refractivity contribution in [2.24, 2.45) is 17.3 Å². The standard InChI is InChI=1S/C33H33FN2O4/c1-3-40-30-15-24(10-12-35-30)23-6-4-22(5-7-23)20(2)36-13-11-26-28(34)9-8-27(31(26)36)29(37)14-21-16-33(17-21)18-25(19-33)32(38)39/h4-13,15,20-21,25H,3,14,16-19H2,1-2H3,(H,38,39). The largest absolute Gasteiger partial charge is 0.481 e. The molecule has 2 aromatic carbocycles. The van der Waals surface area contributed by atoms with E-state index in [1.165, 1.54) is 6.07 Å². The van der Waals surface area contributed by atoms with Crippen LogP contribution in [0.15, 0.2) is 67.0 Å². The molecule has 1 atom stereocenters. The number of pyridine rings is 1. The monoisotopic (exact) mass is 540 g/mol. The topological polar surface area (TPSA) is 81.4 Å². The number of fused-ring (bicyclic) bond motifs is 1. The number of carbonyl (C=O) groups excluding carboxylic acids is 1. The third kappa shape index (κ3) is 4.67. The van der Waals surface area contributed by atoms with Gasteiger partial charge in [0.1, 0.15) is 5.82 Å². The molecule has 4 aromatic rings. The number of benzene rings is 2. The number of rotatable bonds is 9. The van der Waals surface area contributed by atoms with Gasteiger partial charge in [0.15, 0.2) is 5.78 Å². The van der Waals surface area contributed by atoms with Crippen molar-refractivity contribution >= 4 is 22.7 Å². The van der Waals surface area contributed by atoms with E-state index in [0.29, 0.717) is 35.4 Å². The Balaban J connectivity index is 1.21. The van der Waals surface area contributed by atoms with Crippen molar-refractivity contribution in [3.8, 4) is 17.0 Å². The summed E-state index contributed by atoms with van der Waals surface area (Å²) in [4.78, 5) is 28.9. The van der Waals surface area contributed by atoms with Crippen molar-refractivity contribution in [2.75, 3.05) is 6.61 Å². The number of nitrogens with zero attached hydrogens (tertiary/aromatic N) is 2. The Hall–Kier alpha value is -4.00. The number of ether oxygens (including phenoxy) is 1. The molecular weight excluding hydrogens is 507 g/mol. The van der Waals surface area contributed by atoms with E-state index in [1.54, 1.807) is 18.3 Å². The van der Waals surface area contributed by atoms with E-state index in [4.69, 9.17) is 4.74 Å². The summed E-state index contributed by atoms with van der Waals surface area (Å²) in [6.07, 6.45) is 7.26. The molecule has 2 fully saturated rings. The quantitative estimate of drug-likeness (QED) is 0.225. The molecule has 0 amide bonds. The molecule has 206 valence electrons. The average molecular weight is 541 g/mol. The smallest absolute Gasteiger partial charge is 0.306 e. The summed E-state index contributed by atoms with van der Waals surface area (Å²) in [5.41, 5.74) is 4.38. The molecule has 0 bridgehead atoms. The molecule has 0 aliphatic heterocycles. The molecule has 1 N–H and O–H groups in total. The van der Waals surface area contributed by atoms with E-state index in [1.807, 2.05) is 29.8 Å². The van der Waals surface area contributed by atoms with Gasteiger partial charge in [-0.05, 0) is 91.8 Å². The van der Waals surface area contributed by atoms with Gasteiger partial charge in [0.25, 0.3) is 0 Å². The molecular formula is C33H33FN2O4. The van der Waals surface area contributed by atoms with Crippen molar-refractivity contribution in [3.63, 3.8) is 0 Å². The summed E-state index contributed by atoms with van der Waals surface area (Å²) in [6, 6.07) is 16.7. The van der Waals surface area contributed by atoms with Crippen LogP contribution < -0.4 is 4.74 Å². The second-order valence-electron chi connectivity index (χ2n) is 11.5. The normalized spacial score (nSPS) is 22.5. The zero-order valence-electron chi connectivity index (χ0n) is 22.8. The van der Waals surface area contributed by atoms with Gasteiger partial charge < -0.3 is 14.4 Å². The van der Waals surface area contributed by atoms with Gasteiger partial charge in [-0.3, -0.25) is 9.59 Å². The molecule has 2 aliphatic rings. The van der Waals surface area contributed by atoms with E-state index in [2.05, 4.69) is 36.2 Å². The highest BCUT2D eigenvalue weighted by Gasteiger charge is 2.54. The number of carbonyl (C=O) groups is 2. The molecule has 1 spiro atoms. The Morgan fingerprint density at radius 1 is 1.07 bits per heavy atom. The van der Waals surface area contributed by atoms with Gasteiger partial charge in [0.05, 0.1) is 24.1 Å². The molecule has 1 unspecified atom stereocenters. The van der Waals surface area contributed by atoms with Gasteiger partial charge in [0, 0.05) is 35.8 Å². The highest BCUT2D eigenvalue weighted by molar-refractivity contribution is 6.07. The van der Waals surface area contributed by atoms with Crippen LogP contribution in [-0.4, -0.2) is 33.0 Å². The Labute approximate surface area is 232 Å². The number of carboxylic acid groups (broad SMARTS) is 1. The number of halogens is 1. The average Bonchev–Trinajstić information content (AvgIpc) is 3.35. The molecule has 6 nitrogen and oxygen atoms in total. The Kier molecular flexibility index (Phi) is 6.69. The van der Waals surface area contributed by atoms with Crippen molar-refractivity contribution in [1.82, 2.24) is 9.55 Å². The van der Waals surface area contributed by atoms with Crippen LogP contribution in [-0.2, 0) is 4.79 Å². The number of Topliss-reactive ketones (excluding diaryl/α,β-unsaturated/α-hetero) is 1. The fraction of sp³-hybridized carbons (Fsp3) is 0.364. The predicted molar refractivity (Wildman–Crippen MR) is 151 cm³/mol. The first-order valence-electron chi connectivity index (χ1n) is 14.0. The number of ketones is 1. The maximum Gasteiger partial charge on any atom is 0.306 e. The van der Waals surface area contributed by atoms with Gasteiger partial charge >= 0.3 is 5.97 Å². The van der Waals surface area contributed by atoms with Crippen molar-refractivity contribution in [3.05, 3.63) is 83.9 Å². The molecule has 2 aliphatic carbocycles. The van der Waals surface area contributed by atoms with Crippen LogP contribution >= 0.6 is 0 Å². The minimum atomic E-state index is -0.712. The van der Waals surface area contributed by atoms with Crippen molar-refractivity contribution < 1.29 is 23.8 Å². The molecule has 40 heavy (non-hydrogen) atoms. The number of aromatic nitrogens is 2. The molecule has 2 heterocycles. The van der Waals surface area contributed by atoms with E-state index >= 15 is 0 Å². The predicted octanol–water partition coefficient (Wildman–Crippen LogP) is 7.31. The minimum absolute atomic E-state index is 0.0178. The molecule has 0 radical (unpaired) electrons. The summed E-state index contributed by atoms with van der Waals surface area (Å²) in [6.45, 7) is 4.53.